The molecule has 2 amide bonds. The predicted molar refractivity (Wildman–Crippen MR) is 160 cm³/mol. The lowest BCUT2D eigenvalue weighted by atomic mass is 9.87. The van der Waals surface area contributed by atoms with Crippen molar-refractivity contribution < 1.29 is 29.3 Å². The number of hydrogen-bond acceptors (Lipinski definition) is 8. The van der Waals surface area contributed by atoms with Crippen molar-refractivity contribution in [3.8, 4) is 11.5 Å². The van der Waals surface area contributed by atoms with Crippen LogP contribution in [0.3, 0.4) is 0 Å². The van der Waals surface area contributed by atoms with E-state index in [0.29, 0.717) is 24.5 Å². The molecular weight excluding hydrogens is 536 g/mol. The Kier molecular flexibility index (Phi) is 10.2. The standard InChI is InChI=1S/C32H38N4O6/c1-20(21-10-12-24(13-11-21)34-16-7-15-33)35-31(39)29(37)30(38)32(40)36-17-14-23-18-26(41-2)27(42-3)19-25(23)28(36)22-8-5-4-6-9-22/h4-13,16,18-20,28-30,34,37-38H,14-15,17,33H2,1-3H3,(H,35,39)/b16-7-/t20?,28?,29-,30?/m1/s1. The predicted octanol–water partition coefficient (Wildman–Crippen LogP) is 2.66. The Labute approximate surface area is 245 Å². The molecule has 0 aromatic heterocycles. The van der Waals surface area contributed by atoms with Gasteiger partial charge in [0.05, 0.1) is 26.3 Å². The third-order valence-corrected chi connectivity index (χ3v) is 7.37. The number of carbonyl (C=O) groups excluding carboxylic acids is 2. The molecule has 222 valence electrons. The number of methoxy groups -OCH3 is 2. The van der Waals surface area contributed by atoms with E-state index in [-0.39, 0.29) is 6.54 Å². The van der Waals surface area contributed by atoms with E-state index < -0.39 is 36.1 Å². The van der Waals surface area contributed by atoms with E-state index in [1.807, 2.05) is 66.7 Å². The maximum atomic E-state index is 13.7. The molecule has 1 aliphatic heterocycles. The molecule has 1 heterocycles. The summed E-state index contributed by atoms with van der Waals surface area (Å²) in [6.07, 6.45) is 0.0789. The second kappa shape index (κ2) is 14.0. The molecule has 0 fully saturated rings. The second-order valence-electron chi connectivity index (χ2n) is 10.0. The summed E-state index contributed by atoms with van der Waals surface area (Å²) < 4.78 is 11.0. The molecule has 1 aliphatic rings. The summed E-state index contributed by atoms with van der Waals surface area (Å²) in [6, 6.07) is 19.4. The molecule has 0 radical (unpaired) electrons. The van der Waals surface area contributed by atoms with Gasteiger partial charge in [-0.25, -0.2) is 0 Å². The van der Waals surface area contributed by atoms with Gasteiger partial charge in [0.2, 0.25) is 0 Å². The highest BCUT2D eigenvalue weighted by Gasteiger charge is 2.40. The van der Waals surface area contributed by atoms with Gasteiger partial charge >= 0.3 is 0 Å². The number of carbonyl (C=O) groups is 2. The first-order chi connectivity index (χ1) is 20.3. The number of amides is 2. The maximum Gasteiger partial charge on any atom is 0.255 e. The molecule has 3 aromatic carbocycles. The second-order valence-corrected chi connectivity index (χ2v) is 10.0. The number of benzene rings is 3. The van der Waals surface area contributed by atoms with Gasteiger partial charge in [0.1, 0.15) is 0 Å². The Bertz CT molecular complexity index is 1400. The number of nitrogens with one attached hydrogen (secondary N) is 2. The highest BCUT2D eigenvalue weighted by molar-refractivity contribution is 5.91. The number of rotatable bonds is 11. The van der Waals surface area contributed by atoms with Gasteiger partial charge in [0.15, 0.2) is 23.7 Å². The first-order valence-corrected chi connectivity index (χ1v) is 13.8. The van der Waals surface area contributed by atoms with Crippen LogP contribution in [0.4, 0.5) is 5.69 Å². The third kappa shape index (κ3) is 6.73. The van der Waals surface area contributed by atoms with Gasteiger partial charge in [-0.2, -0.15) is 0 Å². The van der Waals surface area contributed by atoms with Crippen molar-refractivity contribution in [2.45, 2.75) is 37.6 Å². The molecule has 10 nitrogen and oxygen atoms in total. The maximum absolute atomic E-state index is 13.7. The quantitative estimate of drug-likeness (QED) is 0.235. The Morgan fingerprint density at radius 3 is 2.33 bits per heavy atom. The number of ether oxygens (including phenoxy) is 2. The zero-order chi connectivity index (χ0) is 30.2. The molecular formula is C32H38N4O6. The van der Waals surface area contributed by atoms with E-state index in [9.17, 15) is 19.8 Å². The monoisotopic (exact) mass is 574 g/mol. The average molecular weight is 575 g/mol. The van der Waals surface area contributed by atoms with Crippen LogP contribution in [0.15, 0.2) is 79.0 Å². The Balaban J connectivity index is 1.51. The van der Waals surface area contributed by atoms with Crippen LogP contribution in [0.1, 0.15) is 41.3 Å². The van der Waals surface area contributed by atoms with Crippen LogP contribution >= 0.6 is 0 Å². The third-order valence-electron chi connectivity index (χ3n) is 7.37. The van der Waals surface area contributed by atoms with Crippen LogP contribution in [0.25, 0.3) is 0 Å². The van der Waals surface area contributed by atoms with Crippen LogP contribution in [-0.4, -0.2) is 66.4 Å². The lowest BCUT2D eigenvalue weighted by Crippen LogP contribution is -2.53. The Morgan fingerprint density at radius 1 is 1.02 bits per heavy atom. The SMILES string of the molecule is COc1cc2c(cc1OC)C(c1ccccc1)N(C(=O)C(O)[C@@H](O)C(=O)NC(C)c1ccc(N/C=C\CN)cc1)CC2. The van der Waals surface area contributed by atoms with Gasteiger partial charge < -0.3 is 41.0 Å². The van der Waals surface area contributed by atoms with E-state index in [1.165, 1.54) is 4.90 Å². The van der Waals surface area contributed by atoms with Gasteiger partial charge in [-0.15, -0.1) is 0 Å². The minimum atomic E-state index is -1.97. The Hall–Kier alpha value is -4.38. The highest BCUT2D eigenvalue weighted by atomic mass is 16.5. The summed E-state index contributed by atoms with van der Waals surface area (Å²) in [7, 11) is 3.11. The molecule has 4 atom stereocenters. The zero-order valence-electron chi connectivity index (χ0n) is 24.0. The van der Waals surface area contributed by atoms with Gasteiger partial charge in [0.25, 0.3) is 11.8 Å². The first-order valence-electron chi connectivity index (χ1n) is 13.8. The van der Waals surface area contributed by atoms with Crippen molar-refractivity contribution in [2.75, 3.05) is 32.6 Å². The summed E-state index contributed by atoms with van der Waals surface area (Å²) in [5.41, 5.74) is 9.68. The Morgan fingerprint density at radius 2 is 1.69 bits per heavy atom. The summed E-state index contributed by atoms with van der Waals surface area (Å²) in [5, 5.41) is 27.5. The topological polar surface area (TPSA) is 146 Å². The lowest BCUT2D eigenvalue weighted by molar-refractivity contribution is -0.155. The van der Waals surface area contributed by atoms with Crippen LogP contribution in [0, 0.1) is 0 Å². The normalized spacial score (nSPS) is 16.7. The number of fused-ring (bicyclic) bond motifs is 1. The van der Waals surface area contributed by atoms with E-state index in [4.69, 9.17) is 15.2 Å². The lowest BCUT2D eigenvalue weighted by Gasteiger charge is -2.39. The summed E-state index contributed by atoms with van der Waals surface area (Å²) in [6.45, 7) is 2.44. The summed E-state index contributed by atoms with van der Waals surface area (Å²) >= 11 is 0. The highest BCUT2D eigenvalue weighted by Crippen LogP contribution is 2.41. The molecule has 10 heteroatoms. The number of anilines is 1. The van der Waals surface area contributed by atoms with Crippen LogP contribution < -0.4 is 25.8 Å². The van der Waals surface area contributed by atoms with E-state index in [0.717, 1.165) is 27.9 Å². The molecule has 3 unspecified atom stereocenters. The van der Waals surface area contributed by atoms with Crippen LogP contribution in [0.2, 0.25) is 0 Å². The molecule has 0 spiro atoms. The number of hydrogen-bond donors (Lipinski definition) is 5. The molecule has 4 rings (SSSR count). The van der Waals surface area contributed by atoms with Crippen molar-refractivity contribution >= 4 is 17.5 Å². The zero-order valence-corrected chi connectivity index (χ0v) is 24.0. The summed E-state index contributed by atoms with van der Waals surface area (Å²) in [4.78, 5) is 28.1. The van der Waals surface area contributed by atoms with E-state index in [1.54, 1.807) is 33.4 Å². The van der Waals surface area contributed by atoms with Crippen molar-refractivity contribution in [1.82, 2.24) is 10.2 Å². The van der Waals surface area contributed by atoms with Crippen molar-refractivity contribution in [3.05, 3.63) is 101 Å². The van der Waals surface area contributed by atoms with E-state index >= 15 is 0 Å². The largest absolute Gasteiger partial charge is 0.493 e. The molecule has 3 aromatic rings. The number of aliphatic hydroxyl groups excluding tert-OH is 2. The van der Waals surface area contributed by atoms with Crippen molar-refractivity contribution in [2.24, 2.45) is 5.73 Å². The molecule has 42 heavy (non-hydrogen) atoms. The summed E-state index contributed by atoms with van der Waals surface area (Å²) in [5.74, 6) is -0.508. The van der Waals surface area contributed by atoms with Gasteiger partial charge in [0, 0.05) is 18.8 Å². The van der Waals surface area contributed by atoms with E-state index in [2.05, 4.69) is 10.6 Å². The van der Waals surface area contributed by atoms with Crippen LogP contribution in [-0.2, 0) is 16.0 Å². The minimum Gasteiger partial charge on any atom is -0.493 e. The smallest absolute Gasteiger partial charge is 0.255 e. The van der Waals surface area contributed by atoms with Crippen LogP contribution in [0.5, 0.6) is 11.5 Å². The van der Waals surface area contributed by atoms with Gasteiger partial charge in [-0.1, -0.05) is 48.5 Å². The molecule has 0 saturated heterocycles. The molecule has 0 bridgehead atoms. The molecule has 0 saturated carbocycles. The molecule has 6 N–H and O–H groups in total. The van der Waals surface area contributed by atoms with Crippen molar-refractivity contribution in [1.29, 1.82) is 0 Å². The fourth-order valence-corrected chi connectivity index (χ4v) is 5.10. The number of nitrogens with two attached hydrogens (primary N) is 1. The average Bonchev–Trinajstić information content (AvgIpc) is 3.03. The molecule has 0 aliphatic carbocycles. The first kappa shape index (κ1) is 30.6. The van der Waals surface area contributed by atoms with Gasteiger partial charge in [-0.3, -0.25) is 9.59 Å². The van der Waals surface area contributed by atoms with Crippen molar-refractivity contribution in [3.63, 3.8) is 0 Å². The fourth-order valence-electron chi connectivity index (χ4n) is 5.10. The van der Waals surface area contributed by atoms with Gasteiger partial charge in [-0.05, 0) is 66.1 Å². The minimum absolute atomic E-state index is 0.267. The number of aliphatic hydroxyl groups is 2. The fraction of sp³-hybridized carbons (Fsp3) is 0.312. The number of nitrogens with zero attached hydrogens (tertiary/aromatic N) is 1.